The van der Waals surface area contributed by atoms with Crippen molar-refractivity contribution in [1.82, 2.24) is 9.97 Å². The first kappa shape index (κ1) is 19.4. The standard InChI is InChI=1S/C16H16Cl2N4OS.C2H6/c17-11-1-3-12(4-2-11)21-6-8-22(9-7-21)16-19-13-5-10-24(23)14(13)15(18)20-16;1-2/h1-4H,5-10H2;1-2H3. The molecule has 3 heterocycles. The van der Waals surface area contributed by atoms with E-state index in [9.17, 15) is 4.21 Å². The molecule has 1 fully saturated rings. The van der Waals surface area contributed by atoms with Crippen LogP contribution in [-0.2, 0) is 17.2 Å². The van der Waals surface area contributed by atoms with Gasteiger partial charge < -0.3 is 9.80 Å². The summed E-state index contributed by atoms with van der Waals surface area (Å²) >= 11 is 12.2. The summed E-state index contributed by atoms with van der Waals surface area (Å²) in [7, 11) is -1.05. The van der Waals surface area contributed by atoms with E-state index in [-0.39, 0.29) is 0 Å². The van der Waals surface area contributed by atoms with Gasteiger partial charge >= 0.3 is 0 Å². The molecule has 5 nitrogen and oxygen atoms in total. The quantitative estimate of drug-likeness (QED) is 0.701. The Hall–Kier alpha value is -1.37. The molecular weight excluding hydrogens is 391 g/mol. The first-order chi connectivity index (χ1) is 12.6. The molecule has 1 aromatic heterocycles. The van der Waals surface area contributed by atoms with Crippen molar-refractivity contribution in [1.29, 1.82) is 0 Å². The molecule has 8 heteroatoms. The summed E-state index contributed by atoms with van der Waals surface area (Å²) in [5.41, 5.74) is 2.01. The summed E-state index contributed by atoms with van der Waals surface area (Å²) in [4.78, 5) is 14.1. The molecule has 0 spiro atoms. The van der Waals surface area contributed by atoms with Gasteiger partial charge in [-0.15, -0.1) is 0 Å². The number of nitrogens with zero attached hydrogens (tertiary/aromatic N) is 4. The van der Waals surface area contributed by atoms with E-state index in [0.717, 1.165) is 36.9 Å². The van der Waals surface area contributed by atoms with Crippen molar-refractivity contribution in [3.8, 4) is 0 Å². The van der Waals surface area contributed by atoms with E-state index in [1.807, 2.05) is 38.1 Å². The molecule has 1 unspecified atom stereocenters. The second kappa shape index (κ2) is 8.55. The highest BCUT2D eigenvalue weighted by Gasteiger charge is 2.27. The monoisotopic (exact) mass is 412 g/mol. The van der Waals surface area contributed by atoms with Gasteiger partial charge in [0.1, 0.15) is 0 Å². The summed E-state index contributed by atoms with van der Waals surface area (Å²) in [5, 5.41) is 1.09. The minimum absolute atomic E-state index is 0.339. The number of anilines is 2. The molecule has 0 bridgehead atoms. The van der Waals surface area contributed by atoms with Gasteiger partial charge in [0.2, 0.25) is 5.95 Å². The van der Waals surface area contributed by atoms with Crippen molar-refractivity contribution in [2.45, 2.75) is 25.2 Å². The molecule has 26 heavy (non-hydrogen) atoms. The lowest BCUT2D eigenvalue weighted by Gasteiger charge is -2.36. The fourth-order valence-electron chi connectivity index (χ4n) is 3.10. The molecular formula is C18H22Cl2N4OS. The summed E-state index contributed by atoms with van der Waals surface area (Å²) < 4.78 is 11.9. The van der Waals surface area contributed by atoms with Gasteiger partial charge in [-0.25, -0.2) is 4.98 Å². The normalized spacial score (nSPS) is 19.0. The number of halogens is 2. The second-order valence-electron chi connectivity index (χ2n) is 5.84. The van der Waals surface area contributed by atoms with Crippen LogP contribution in [0.15, 0.2) is 29.2 Å². The van der Waals surface area contributed by atoms with Crippen LogP contribution in [0.25, 0.3) is 0 Å². The molecule has 0 amide bonds. The minimum Gasteiger partial charge on any atom is -0.368 e. The van der Waals surface area contributed by atoms with E-state index in [1.165, 1.54) is 5.69 Å². The van der Waals surface area contributed by atoms with Crippen molar-refractivity contribution in [3.05, 3.63) is 40.1 Å². The number of benzene rings is 1. The van der Waals surface area contributed by atoms with Crippen LogP contribution in [-0.4, -0.2) is 46.1 Å². The first-order valence-corrected chi connectivity index (χ1v) is 10.9. The fourth-order valence-corrected chi connectivity index (χ4v) is 4.89. The van der Waals surface area contributed by atoms with Gasteiger partial charge in [0, 0.05) is 49.1 Å². The average molecular weight is 413 g/mol. The first-order valence-electron chi connectivity index (χ1n) is 8.82. The Labute approximate surface area is 166 Å². The van der Waals surface area contributed by atoms with E-state index in [4.69, 9.17) is 23.2 Å². The zero-order chi connectivity index (χ0) is 18.7. The Balaban J connectivity index is 0.000000948. The maximum atomic E-state index is 11.9. The molecule has 0 aliphatic carbocycles. The highest BCUT2D eigenvalue weighted by atomic mass is 35.5. The van der Waals surface area contributed by atoms with Crippen LogP contribution >= 0.6 is 23.2 Å². The maximum absolute atomic E-state index is 11.9. The summed E-state index contributed by atoms with van der Waals surface area (Å²) in [5.74, 6) is 1.24. The lowest BCUT2D eigenvalue weighted by Crippen LogP contribution is -2.47. The van der Waals surface area contributed by atoms with Crippen LogP contribution in [0.5, 0.6) is 0 Å². The smallest absolute Gasteiger partial charge is 0.227 e. The van der Waals surface area contributed by atoms with Crippen molar-refractivity contribution in [3.63, 3.8) is 0 Å². The van der Waals surface area contributed by atoms with E-state index in [1.54, 1.807) is 0 Å². The van der Waals surface area contributed by atoms with Gasteiger partial charge in [0.05, 0.1) is 21.4 Å². The van der Waals surface area contributed by atoms with E-state index >= 15 is 0 Å². The number of hydrogen-bond donors (Lipinski definition) is 0. The maximum Gasteiger partial charge on any atom is 0.227 e. The Morgan fingerprint density at radius 1 is 0.962 bits per heavy atom. The van der Waals surface area contributed by atoms with Gasteiger partial charge in [-0.05, 0) is 24.3 Å². The number of aryl methyl sites for hydroxylation is 1. The van der Waals surface area contributed by atoms with E-state index in [0.29, 0.717) is 28.2 Å². The van der Waals surface area contributed by atoms with Gasteiger partial charge in [-0.2, -0.15) is 4.98 Å². The number of aromatic nitrogens is 2. The van der Waals surface area contributed by atoms with E-state index < -0.39 is 10.8 Å². The summed E-state index contributed by atoms with van der Waals surface area (Å²) in [6.45, 7) is 7.40. The topological polar surface area (TPSA) is 49.3 Å². The lowest BCUT2D eigenvalue weighted by atomic mass is 10.2. The highest BCUT2D eigenvalue weighted by Crippen LogP contribution is 2.30. The van der Waals surface area contributed by atoms with Crippen molar-refractivity contribution < 1.29 is 4.21 Å². The lowest BCUT2D eigenvalue weighted by molar-refractivity contribution is 0.637. The summed E-state index contributed by atoms with van der Waals surface area (Å²) in [6, 6.07) is 7.89. The molecule has 1 atom stereocenters. The molecule has 2 aliphatic heterocycles. The van der Waals surface area contributed by atoms with Gasteiger partial charge in [0.25, 0.3) is 0 Å². The van der Waals surface area contributed by atoms with Gasteiger partial charge in [-0.3, -0.25) is 4.21 Å². The Bertz CT molecular complexity index is 793. The van der Waals surface area contributed by atoms with Crippen LogP contribution in [0.2, 0.25) is 10.2 Å². The second-order valence-corrected chi connectivity index (χ2v) is 8.14. The molecule has 0 N–H and O–H groups in total. The van der Waals surface area contributed by atoms with Gasteiger partial charge in [0.15, 0.2) is 5.15 Å². The molecule has 1 saturated heterocycles. The van der Waals surface area contributed by atoms with Crippen LogP contribution in [0.4, 0.5) is 11.6 Å². The predicted molar refractivity (Wildman–Crippen MR) is 109 cm³/mol. The fraction of sp³-hybridized carbons (Fsp3) is 0.444. The largest absolute Gasteiger partial charge is 0.368 e. The molecule has 0 saturated carbocycles. The van der Waals surface area contributed by atoms with Crippen molar-refractivity contribution in [2.75, 3.05) is 41.7 Å². The highest BCUT2D eigenvalue weighted by molar-refractivity contribution is 7.85. The Kier molecular flexibility index (Phi) is 6.37. The number of hydrogen-bond acceptors (Lipinski definition) is 5. The number of rotatable bonds is 2. The molecule has 2 aromatic rings. The van der Waals surface area contributed by atoms with Crippen molar-refractivity contribution in [2.24, 2.45) is 0 Å². The van der Waals surface area contributed by atoms with Gasteiger partial charge in [-0.1, -0.05) is 37.0 Å². The molecule has 1 aromatic carbocycles. The zero-order valence-electron chi connectivity index (χ0n) is 14.9. The number of fused-ring (bicyclic) bond motifs is 1. The third-order valence-corrected chi connectivity index (χ3v) is 6.49. The van der Waals surface area contributed by atoms with Crippen LogP contribution in [0.1, 0.15) is 19.5 Å². The van der Waals surface area contributed by atoms with E-state index in [2.05, 4.69) is 19.8 Å². The molecule has 140 valence electrons. The third kappa shape index (κ3) is 3.97. The van der Waals surface area contributed by atoms with Crippen molar-refractivity contribution >= 4 is 45.6 Å². The summed E-state index contributed by atoms with van der Waals surface area (Å²) in [6.07, 6.45) is 0.710. The van der Waals surface area contributed by atoms with Crippen LogP contribution in [0, 0.1) is 0 Å². The zero-order valence-corrected chi connectivity index (χ0v) is 17.2. The van der Waals surface area contributed by atoms with Crippen LogP contribution in [0.3, 0.4) is 0 Å². The molecule has 0 radical (unpaired) electrons. The molecule has 2 aliphatic rings. The SMILES string of the molecule is CC.O=S1CCc2nc(N3CCN(c4ccc(Cl)cc4)CC3)nc(Cl)c21. The average Bonchev–Trinajstić information content (AvgIpc) is 3.06. The molecule has 4 rings (SSSR count). The Morgan fingerprint density at radius 2 is 1.58 bits per heavy atom. The number of piperazine rings is 1. The Morgan fingerprint density at radius 3 is 2.23 bits per heavy atom. The minimum atomic E-state index is -1.05. The predicted octanol–water partition coefficient (Wildman–Crippen LogP) is 3.80. The third-order valence-electron chi connectivity index (χ3n) is 4.39. The van der Waals surface area contributed by atoms with Crippen LogP contribution < -0.4 is 9.80 Å².